The van der Waals surface area contributed by atoms with Crippen LogP contribution in [-0.4, -0.2) is 12.2 Å². The van der Waals surface area contributed by atoms with Gasteiger partial charge in [-0.1, -0.05) is 13.8 Å². The van der Waals surface area contributed by atoms with Crippen molar-refractivity contribution in [1.82, 2.24) is 0 Å². The van der Waals surface area contributed by atoms with Crippen molar-refractivity contribution in [3.05, 3.63) is 0 Å². The van der Waals surface area contributed by atoms with Crippen molar-refractivity contribution in [1.29, 1.82) is 0 Å². The molecule has 14 heavy (non-hydrogen) atoms. The Morgan fingerprint density at radius 1 is 1.14 bits per heavy atom. The molecule has 3 aliphatic carbocycles. The molecule has 1 saturated heterocycles. The van der Waals surface area contributed by atoms with E-state index in [1.165, 1.54) is 19.3 Å². The molecule has 0 aromatic rings. The minimum absolute atomic E-state index is 0.153. The van der Waals surface area contributed by atoms with Crippen molar-refractivity contribution in [2.24, 2.45) is 22.7 Å². The lowest BCUT2D eigenvalue weighted by atomic mass is 9.37. The molecule has 1 unspecified atom stereocenters. The Labute approximate surface area is 87.2 Å². The molecular formula is C13H22O. The fourth-order valence-electron chi connectivity index (χ4n) is 4.49. The summed E-state index contributed by atoms with van der Waals surface area (Å²) in [5, 5.41) is 0. The van der Waals surface area contributed by atoms with Gasteiger partial charge in [0, 0.05) is 5.41 Å². The van der Waals surface area contributed by atoms with Crippen molar-refractivity contribution in [3.63, 3.8) is 0 Å². The molecule has 0 N–H and O–H groups in total. The Bertz CT molecular complexity index is 275. The summed E-state index contributed by atoms with van der Waals surface area (Å²) in [7, 11) is 0. The van der Waals surface area contributed by atoms with Gasteiger partial charge in [-0.05, 0) is 50.4 Å². The summed E-state index contributed by atoms with van der Waals surface area (Å²) < 4.78 is 5.80. The first kappa shape index (κ1) is 9.21. The van der Waals surface area contributed by atoms with E-state index in [4.69, 9.17) is 4.74 Å². The smallest absolute Gasteiger partial charge is 0.0707 e. The summed E-state index contributed by atoms with van der Waals surface area (Å²) in [6.07, 6.45) is 4.33. The van der Waals surface area contributed by atoms with Gasteiger partial charge < -0.3 is 4.74 Å². The predicted molar refractivity (Wildman–Crippen MR) is 57.1 cm³/mol. The largest absolute Gasteiger partial charge is 0.374 e. The second kappa shape index (κ2) is 2.21. The highest BCUT2D eigenvalue weighted by atomic mass is 16.5. The molecule has 3 saturated carbocycles. The fourth-order valence-corrected chi connectivity index (χ4v) is 4.49. The first-order valence-electron chi connectivity index (χ1n) is 6.04. The molecule has 2 bridgehead atoms. The molecule has 4 rings (SSSR count). The van der Waals surface area contributed by atoms with Crippen LogP contribution in [-0.2, 0) is 4.74 Å². The van der Waals surface area contributed by atoms with Crippen molar-refractivity contribution >= 4 is 0 Å². The van der Waals surface area contributed by atoms with Crippen LogP contribution < -0.4 is 0 Å². The Kier molecular flexibility index (Phi) is 1.45. The highest BCUT2D eigenvalue weighted by Crippen LogP contribution is 2.71. The van der Waals surface area contributed by atoms with Gasteiger partial charge in [-0.2, -0.15) is 0 Å². The van der Waals surface area contributed by atoms with E-state index in [0.717, 1.165) is 18.4 Å². The number of fused-ring (bicyclic) bond motifs is 1. The molecule has 1 spiro atoms. The Morgan fingerprint density at radius 2 is 1.86 bits per heavy atom. The predicted octanol–water partition coefficient (Wildman–Crippen LogP) is 3.24. The molecule has 80 valence electrons. The molecule has 3 atom stereocenters. The van der Waals surface area contributed by atoms with Crippen molar-refractivity contribution in [2.75, 3.05) is 6.61 Å². The SMILES string of the molecule is CC1(C)[C@@H]2CCC3(COC3(C)C)[C@@H]1C2. The van der Waals surface area contributed by atoms with Gasteiger partial charge in [-0.15, -0.1) is 0 Å². The molecule has 1 nitrogen and oxygen atoms in total. The van der Waals surface area contributed by atoms with Gasteiger partial charge in [0.2, 0.25) is 0 Å². The third kappa shape index (κ3) is 0.743. The minimum atomic E-state index is 0.153. The molecule has 0 aromatic heterocycles. The van der Waals surface area contributed by atoms with Crippen LogP contribution in [0.5, 0.6) is 0 Å². The van der Waals surface area contributed by atoms with Crippen molar-refractivity contribution < 1.29 is 4.74 Å². The van der Waals surface area contributed by atoms with Gasteiger partial charge in [0.05, 0.1) is 12.2 Å². The lowest BCUT2D eigenvalue weighted by Gasteiger charge is -2.73. The van der Waals surface area contributed by atoms with Crippen LogP contribution in [0.2, 0.25) is 0 Å². The molecular weight excluding hydrogens is 172 g/mol. The summed E-state index contributed by atoms with van der Waals surface area (Å²) >= 11 is 0. The number of hydrogen-bond acceptors (Lipinski definition) is 1. The van der Waals surface area contributed by atoms with Gasteiger partial charge in [-0.3, -0.25) is 0 Å². The lowest BCUT2D eigenvalue weighted by Crippen LogP contribution is -2.72. The van der Waals surface area contributed by atoms with E-state index < -0.39 is 0 Å². The summed E-state index contributed by atoms with van der Waals surface area (Å²) in [4.78, 5) is 0. The highest BCUT2D eigenvalue weighted by Gasteiger charge is 2.69. The van der Waals surface area contributed by atoms with Crippen LogP contribution in [0.1, 0.15) is 47.0 Å². The maximum absolute atomic E-state index is 5.80. The quantitative estimate of drug-likeness (QED) is 0.575. The monoisotopic (exact) mass is 194 g/mol. The van der Waals surface area contributed by atoms with Gasteiger partial charge >= 0.3 is 0 Å². The molecule has 1 aliphatic heterocycles. The van der Waals surface area contributed by atoms with Crippen LogP contribution >= 0.6 is 0 Å². The fraction of sp³-hybridized carbons (Fsp3) is 1.00. The highest BCUT2D eigenvalue weighted by molar-refractivity contribution is 5.17. The van der Waals surface area contributed by atoms with Crippen LogP contribution in [0, 0.1) is 22.7 Å². The van der Waals surface area contributed by atoms with E-state index in [1.54, 1.807) is 0 Å². The minimum Gasteiger partial charge on any atom is -0.374 e. The zero-order chi connectivity index (χ0) is 10.2. The van der Waals surface area contributed by atoms with Crippen LogP contribution in [0.15, 0.2) is 0 Å². The first-order valence-corrected chi connectivity index (χ1v) is 6.04. The molecule has 0 radical (unpaired) electrons. The second-order valence-electron chi connectivity index (χ2n) is 6.80. The Balaban J connectivity index is 1.95. The lowest BCUT2D eigenvalue weighted by molar-refractivity contribution is -0.336. The van der Waals surface area contributed by atoms with Crippen molar-refractivity contribution in [2.45, 2.75) is 52.6 Å². The van der Waals surface area contributed by atoms with E-state index in [2.05, 4.69) is 27.7 Å². The molecule has 4 fully saturated rings. The summed E-state index contributed by atoms with van der Waals surface area (Å²) in [5.74, 6) is 1.94. The van der Waals surface area contributed by atoms with Crippen molar-refractivity contribution in [3.8, 4) is 0 Å². The molecule has 0 amide bonds. The van der Waals surface area contributed by atoms with E-state index in [0.29, 0.717) is 10.8 Å². The van der Waals surface area contributed by atoms with E-state index in [9.17, 15) is 0 Å². The maximum atomic E-state index is 5.80. The average molecular weight is 194 g/mol. The summed E-state index contributed by atoms with van der Waals surface area (Å²) in [6, 6.07) is 0. The zero-order valence-corrected chi connectivity index (χ0v) is 9.89. The average Bonchev–Trinajstić information content (AvgIpc) is 2.16. The van der Waals surface area contributed by atoms with E-state index in [-0.39, 0.29) is 5.60 Å². The number of hydrogen-bond donors (Lipinski definition) is 0. The summed E-state index contributed by atoms with van der Waals surface area (Å²) in [6.45, 7) is 10.6. The Morgan fingerprint density at radius 3 is 2.14 bits per heavy atom. The maximum Gasteiger partial charge on any atom is 0.0707 e. The van der Waals surface area contributed by atoms with Crippen LogP contribution in [0.3, 0.4) is 0 Å². The number of rotatable bonds is 0. The normalized spacial score (nSPS) is 52.3. The van der Waals surface area contributed by atoms with Gasteiger partial charge in [0.15, 0.2) is 0 Å². The van der Waals surface area contributed by atoms with E-state index in [1.807, 2.05) is 0 Å². The zero-order valence-electron chi connectivity index (χ0n) is 9.89. The summed E-state index contributed by atoms with van der Waals surface area (Å²) in [5.41, 5.74) is 1.28. The number of ether oxygens (including phenoxy) is 1. The third-order valence-electron chi connectivity index (χ3n) is 5.97. The van der Waals surface area contributed by atoms with Gasteiger partial charge in [-0.25, -0.2) is 0 Å². The standard InChI is InChI=1S/C13H22O/c1-11(2)9-5-6-13(10(11)7-9)8-14-12(13,3)4/h9-10H,5-8H2,1-4H3/t9-,10-,13?/m1/s1. The molecule has 1 heterocycles. The molecule has 1 heteroatoms. The van der Waals surface area contributed by atoms with Crippen LogP contribution in [0.4, 0.5) is 0 Å². The molecule has 4 aliphatic rings. The molecule has 0 aromatic carbocycles. The second-order valence-corrected chi connectivity index (χ2v) is 6.80. The topological polar surface area (TPSA) is 9.23 Å². The third-order valence-corrected chi connectivity index (χ3v) is 5.97. The van der Waals surface area contributed by atoms with Gasteiger partial charge in [0.1, 0.15) is 0 Å². The Hall–Kier alpha value is -0.0400. The van der Waals surface area contributed by atoms with Gasteiger partial charge in [0.25, 0.3) is 0 Å². The van der Waals surface area contributed by atoms with Crippen LogP contribution in [0.25, 0.3) is 0 Å². The first-order chi connectivity index (χ1) is 6.40. The van der Waals surface area contributed by atoms with E-state index >= 15 is 0 Å².